The van der Waals surface area contributed by atoms with E-state index in [1.165, 1.54) is 0 Å². The van der Waals surface area contributed by atoms with Crippen molar-refractivity contribution in [3.05, 3.63) is 95.1 Å². The van der Waals surface area contributed by atoms with E-state index in [0.29, 0.717) is 30.9 Å². The number of nitrogens with two attached hydrogens (primary N) is 3. The highest BCUT2D eigenvalue weighted by Gasteiger charge is 2.21. The molecule has 6 heteroatoms. The second-order valence-corrected chi connectivity index (χ2v) is 7.38. The zero-order valence-corrected chi connectivity index (χ0v) is 17.1. The van der Waals surface area contributed by atoms with E-state index in [2.05, 4.69) is 11.1 Å². The number of amides is 1. The molecule has 3 aromatic rings. The van der Waals surface area contributed by atoms with Crippen LogP contribution in [0.25, 0.3) is 0 Å². The monoisotopic (exact) mass is 404 g/mol. The predicted molar refractivity (Wildman–Crippen MR) is 121 cm³/mol. The van der Waals surface area contributed by atoms with E-state index in [9.17, 15) is 4.79 Å². The van der Waals surface area contributed by atoms with Crippen LogP contribution in [-0.4, -0.2) is 12.5 Å². The number of nitrogens with one attached hydrogen (secondary N) is 1. The lowest BCUT2D eigenvalue weighted by molar-refractivity contribution is -0.411. The summed E-state index contributed by atoms with van der Waals surface area (Å²) < 4.78 is 0. The molecule has 0 heterocycles. The fourth-order valence-corrected chi connectivity index (χ4v) is 3.60. The first-order valence-electron chi connectivity index (χ1n) is 10.1. The molecule has 6 nitrogen and oxygen atoms in total. The smallest absolute Gasteiger partial charge is 0.231 e. The Hall–Kier alpha value is -3.19. The largest absolute Gasteiger partial charge is 0.398 e. The molecule has 156 valence electrons. The highest BCUT2D eigenvalue weighted by atomic mass is 16.1. The normalized spacial score (nSPS) is 12.9. The summed E-state index contributed by atoms with van der Waals surface area (Å²) in [5, 5.41) is 3.02. The predicted octanol–water partition coefficient (Wildman–Crippen LogP) is 2.13. The van der Waals surface area contributed by atoms with Crippen LogP contribution in [0, 0.1) is 0 Å². The van der Waals surface area contributed by atoms with Gasteiger partial charge in [-0.05, 0) is 48.4 Å². The van der Waals surface area contributed by atoms with Crippen LogP contribution < -0.4 is 28.3 Å². The summed E-state index contributed by atoms with van der Waals surface area (Å²) in [4.78, 5) is 13.0. The second kappa shape index (κ2) is 10.0. The molecule has 0 aromatic heterocycles. The van der Waals surface area contributed by atoms with E-state index in [1.807, 2.05) is 66.7 Å². The van der Waals surface area contributed by atoms with Crippen molar-refractivity contribution in [1.29, 1.82) is 0 Å². The topological polar surface area (TPSA) is 135 Å². The van der Waals surface area contributed by atoms with Gasteiger partial charge in [0, 0.05) is 29.0 Å². The molecule has 0 radical (unpaired) electrons. The molecule has 3 rings (SSSR count). The Bertz CT molecular complexity index is 990. The van der Waals surface area contributed by atoms with Crippen molar-refractivity contribution in [1.82, 2.24) is 0 Å². The summed E-state index contributed by atoms with van der Waals surface area (Å²) in [5.41, 5.74) is 27.2. The Kier molecular flexibility index (Phi) is 7.19. The number of hydrogen-bond donors (Lipinski definition) is 5. The molecule has 30 heavy (non-hydrogen) atoms. The van der Waals surface area contributed by atoms with Crippen LogP contribution in [0.3, 0.4) is 0 Å². The number of nitrogen functional groups attached to an aromatic ring is 1. The average Bonchev–Trinajstić information content (AvgIpc) is 2.78. The number of carbonyl (C=O) groups excluding carboxylic acids is 1. The second-order valence-electron chi connectivity index (χ2n) is 7.38. The van der Waals surface area contributed by atoms with Gasteiger partial charge in [-0.1, -0.05) is 48.5 Å². The van der Waals surface area contributed by atoms with Gasteiger partial charge in [0.1, 0.15) is 6.04 Å². The molecule has 0 spiro atoms. The average molecular weight is 405 g/mol. The van der Waals surface area contributed by atoms with Gasteiger partial charge >= 0.3 is 0 Å². The first-order chi connectivity index (χ1) is 14.5. The summed E-state index contributed by atoms with van der Waals surface area (Å²) >= 11 is 0. The first-order valence-corrected chi connectivity index (χ1v) is 10.1. The summed E-state index contributed by atoms with van der Waals surface area (Å²) in [6.07, 6.45) is 0.571. The van der Waals surface area contributed by atoms with Gasteiger partial charge in [0.15, 0.2) is 0 Å². The van der Waals surface area contributed by atoms with Crippen molar-refractivity contribution < 1.29 is 10.5 Å². The maximum absolute atomic E-state index is 13.0. The maximum atomic E-state index is 13.0. The van der Waals surface area contributed by atoms with Crippen LogP contribution in [0.1, 0.15) is 40.6 Å². The fourth-order valence-electron chi connectivity index (χ4n) is 3.60. The number of benzene rings is 3. The minimum Gasteiger partial charge on any atom is -0.398 e. The number of carbonyl (C=O) groups is 1. The summed E-state index contributed by atoms with van der Waals surface area (Å²) in [5.74, 6) is -0.401. The molecule has 3 aromatic carbocycles. The van der Waals surface area contributed by atoms with Crippen molar-refractivity contribution in [2.24, 2.45) is 11.5 Å². The van der Waals surface area contributed by atoms with Crippen LogP contribution in [0.2, 0.25) is 0 Å². The van der Waals surface area contributed by atoms with Crippen molar-refractivity contribution in [3.63, 3.8) is 0 Å². The number of hydrogen-bond acceptors (Lipinski definition) is 4. The Balaban J connectivity index is 1.84. The lowest BCUT2D eigenvalue weighted by Gasteiger charge is -2.18. The molecule has 2 unspecified atom stereocenters. The highest BCUT2D eigenvalue weighted by Crippen LogP contribution is 2.28. The zero-order valence-electron chi connectivity index (χ0n) is 17.1. The van der Waals surface area contributed by atoms with Gasteiger partial charge in [-0.3, -0.25) is 4.79 Å². The molecule has 2 atom stereocenters. The summed E-state index contributed by atoms with van der Waals surface area (Å²) in [7, 11) is 0. The number of rotatable bonds is 8. The third-order valence-electron chi connectivity index (χ3n) is 5.29. The Morgan fingerprint density at radius 3 is 2.37 bits per heavy atom. The van der Waals surface area contributed by atoms with Gasteiger partial charge in [0.05, 0.1) is 5.92 Å². The SMILES string of the molecule is NCCC(C(=O)Nc1ccc(N)c(C([NH3+])c2cccc(CN)c2)c1)c1ccccc1. The molecular formula is C24H30N5O+. The van der Waals surface area contributed by atoms with Crippen LogP contribution >= 0.6 is 0 Å². The summed E-state index contributed by atoms with van der Waals surface area (Å²) in [6, 6.07) is 23.0. The lowest BCUT2D eigenvalue weighted by atomic mass is 9.94. The molecule has 0 fully saturated rings. The molecule has 0 aliphatic rings. The van der Waals surface area contributed by atoms with Crippen LogP contribution in [-0.2, 0) is 11.3 Å². The zero-order chi connectivity index (χ0) is 21.5. The molecule has 0 saturated carbocycles. The molecular weight excluding hydrogens is 374 g/mol. The van der Waals surface area contributed by atoms with E-state index in [1.54, 1.807) is 6.07 Å². The van der Waals surface area contributed by atoms with E-state index in [-0.39, 0.29) is 17.9 Å². The van der Waals surface area contributed by atoms with Gasteiger partial charge in [-0.25, -0.2) is 0 Å². The Morgan fingerprint density at radius 2 is 1.67 bits per heavy atom. The van der Waals surface area contributed by atoms with Gasteiger partial charge in [0.25, 0.3) is 0 Å². The van der Waals surface area contributed by atoms with Crippen molar-refractivity contribution in [2.45, 2.75) is 24.9 Å². The van der Waals surface area contributed by atoms with E-state index in [4.69, 9.17) is 17.2 Å². The minimum absolute atomic E-state index is 0.0897. The molecule has 10 N–H and O–H groups in total. The van der Waals surface area contributed by atoms with Crippen LogP contribution in [0.5, 0.6) is 0 Å². The van der Waals surface area contributed by atoms with Gasteiger partial charge in [-0.2, -0.15) is 0 Å². The van der Waals surface area contributed by atoms with Gasteiger partial charge < -0.3 is 28.3 Å². The minimum atomic E-state index is -0.311. The summed E-state index contributed by atoms with van der Waals surface area (Å²) in [6.45, 7) is 0.895. The molecule has 1 amide bonds. The standard InChI is InChI=1S/C24H29N5O/c25-12-11-20(17-6-2-1-3-7-17)24(30)29-19-9-10-22(27)21(14-19)23(28)18-8-4-5-16(13-18)15-26/h1-10,13-14,20,23H,11-12,15,25-28H2,(H,29,30)/p+1. The third kappa shape index (κ3) is 5.04. The number of anilines is 2. The van der Waals surface area contributed by atoms with Gasteiger partial charge in [-0.15, -0.1) is 0 Å². The lowest BCUT2D eigenvalue weighted by Crippen LogP contribution is -2.54. The van der Waals surface area contributed by atoms with E-state index in [0.717, 1.165) is 22.3 Å². The van der Waals surface area contributed by atoms with E-state index >= 15 is 0 Å². The van der Waals surface area contributed by atoms with E-state index < -0.39 is 0 Å². The quantitative estimate of drug-likeness (QED) is 0.368. The van der Waals surface area contributed by atoms with Crippen molar-refractivity contribution in [3.8, 4) is 0 Å². The van der Waals surface area contributed by atoms with Crippen LogP contribution in [0.4, 0.5) is 11.4 Å². The van der Waals surface area contributed by atoms with Crippen molar-refractivity contribution >= 4 is 17.3 Å². The molecule has 0 aliphatic carbocycles. The molecule has 0 aliphatic heterocycles. The third-order valence-corrected chi connectivity index (χ3v) is 5.29. The van der Waals surface area contributed by atoms with Gasteiger partial charge in [0.2, 0.25) is 5.91 Å². The Morgan fingerprint density at radius 1 is 0.933 bits per heavy atom. The van der Waals surface area contributed by atoms with Crippen molar-refractivity contribution in [2.75, 3.05) is 17.6 Å². The molecule has 0 saturated heterocycles. The van der Waals surface area contributed by atoms with Crippen LogP contribution in [0.15, 0.2) is 72.8 Å². The highest BCUT2D eigenvalue weighted by molar-refractivity contribution is 5.96. The molecule has 0 bridgehead atoms. The maximum Gasteiger partial charge on any atom is 0.231 e. The fraction of sp³-hybridized carbons (Fsp3) is 0.208. The Labute approximate surface area is 177 Å². The number of quaternary nitrogens is 1. The first kappa shape index (κ1) is 21.5.